The zero-order valence-corrected chi connectivity index (χ0v) is 46.2. The molecule has 0 amide bonds. The van der Waals surface area contributed by atoms with Gasteiger partial charge in [0, 0.05) is 37.6 Å². The predicted octanol–water partition coefficient (Wildman–Crippen LogP) is 10.0. The molecule has 2 saturated heterocycles. The van der Waals surface area contributed by atoms with Crippen LogP contribution in [0.1, 0.15) is 155 Å². The van der Waals surface area contributed by atoms with Crippen LogP contribution in [-0.2, 0) is 50.6 Å². The Morgan fingerprint density at radius 3 is 1.37 bits per heavy atom. The lowest BCUT2D eigenvalue weighted by atomic mass is 9.91. The number of hydrogen-bond donors (Lipinski definition) is 1. The fourth-order valence-corrected chi connectivity index (χ4v) is 12.1. The molecule has 0 aliphatic carbocycles. The van der Waals surface area contributed by atoms with Crippen LogP contribution in [0.15, 0.2) is 48.5 Å². The number of esters is 2. The number of anilines is 2. The second-order valence-electron chi connectivity index (χ2n) is 20.2. The number of aromatic amines is 1. The highest BCUT2D eigenvalue weighted by Gasteiger charge is 2.39. The molecule has 4 heterocycles. The summed E-state index contributed by atoms with van der Waals surface area (Å²) in [6.45, 7) is 9.35. The van der Waals surface area contributed by atoms with Crippen molar-refractivity contribution < 1.29 is 45.4 Å². The number of sulfone groups is 2. The molecule has 1 N–H and O–H groups in total. The first-order chi connectivity index (χ1) is 35.1. The van der Waals surface area contributed by atoms with Gasteiger partial charge in [-0.25, -0.2) is 30.9 Å². The van der Waals surface area contributed by atoms with Crippen molar-refractivity contribution in [3.63, 3.8) is 0 Å². The Hall–Kier alpha value is -4.55. The predicted molar refractivity (Wildman–Crippen MR) is 289 cm³/mol. The van der Waals surface area contributed by atoms with E-state index in [1.807, 2.05) is 47.9 Å². The summed E-state index contributed by atoms with van der Waals surface area (Å²) in [7, 11) is -6.08. The molecule has 2 aliphatic heterocycles. The lowest BCUT2D eigenvalue weighted by molar-refractivity contribution is -0.159. The minimum atomic E-state index is -3.04. The third-order valence-electron chi connectivity index (χ3n) is 14.1. The molecular formula is C54H81ClN6O10S2. The van der Waals surface area contributed by atoms with Gasteiger partial charge in [-0.15, -0.1) is 10.2 Å². The summed E-state index contributed by atoms with van der Waals surface area (Å²) in [5, 5.41) is 12.6. The van der Waals surface area contributed by atoms with Crippen LogP contribution in [0.5, 0.6) is 11.5 Å². The summed E-state index contributed by atoms with van der Waals surface area (Å²) in [6, 6.07) is 14.7. The van der Waals surface area contributed by atoms with Crippen molar-refractivity contribution in [2.24, 2.45) is 0 Å². The smallest absolute Gasteiger partial charge is 0.347 e. The van der Waals surface area contributed by atoms with Gasteiger partial charge >= 0.3 is 11.9 Å². The molecule has 0 bridgehead atoms. The Kier molecular flexibility index (Phi) is 22.4. The number of rotatable bonds is 32. The van der Waals surface area contributed by atoms with Crippen LogP contribution in [-0.4, -0.2) is 123 Å². The highest BCUT2D eigenvalue weighted by molar-refractivity contribution is 7.91. The molecule has 6 rings (SSSR count). The summed E-state index contributed by atoms with van der Waals surface area (Å²) in [5.74, 6) is 0.596. The number of nitrogens with zero attached hydrogens (tertiary/aromatic N) is 5. The van der Waals surface area contributed by atoms with Crippen molar-refractivity contribution in [3.05, 3.63) is 65.1 Å². The average Bonchev–Trinajstić information content (AvgIpc) is 3.95. The largest absolute Gasteiger partial charge is 0.479 e. The number of ether oxygens (including phenoxy) is 4. The fraction of sp³-hybridized carbons (Fsp3) is 0.667. The molecule has 19 heteroatoms. The first-order valence-electron chi connectivity index (χ1n) is 27.0. The molecule has 2 aliphatic rings. The minimum absolute atomic E-state index is 0.105. The molecule has 2 aromatic heterocycles. The number of carbonyl (C=O) groups is 2. The number of hydrogen-bond acceptors (Lipinski definition) is 14. The van der Waals surface area contributed by atoms with Crippen molar-refractivity contribution >= 4 is 60.2 Å². The average molecular weight is 1070 g/mol. The SMILES string of the molecule is CCCCCCCCCCC(Oc1ccc(N2CCS(=O)(=O)CC2)cc1)C(=O)OCC(C)(COC(=O)C(CCCCCCCCCC)Oc1ccc(N2CCS(=O)(=O)CC2)cc1)c1nnc2c(Cl)c(CC)[nH]n12. The molecule has 2 fully saturated rings. The highest BCUT2D eigenvalue weighted by atomic mass is 35.5. The Morgan fingerprint density at radius 1 is 0.603 bits per heavy atom. The number of benzene rings is 2. The van der Waals surface area contributed by atoms with E-state index in [-0.39, 0.29) is 36.2 Å². The molecule has 73 heavy (non-hydrogen) atoms. The summed E-state index contributed by atoms with van der Waals surface area (Å²) in [4.78, 5) is 32.8. The van der Waals surface area contributed by atoms with Gasteiger partial charge in [0.2, 0.25) is 0 Å². The molecule has 2 atom stereocenters. The van der Waals surface area contributed by atoms with Gasteiger partial charge in [-0.2, -0.15) is 0 Å². The van der Waals surface area contributed by atoms with E-state index in [2.05, 4.69) is 29.1 Å². The molecule has 0 radical (unpaired) electrons. The molecule has 2 aromatic carbocycles. The molecular weight excluding hydrogens is 992 g/mol. The van der Waals surface area contributed by atoms with Crippen LogP contribution < -0.4 is 19.3 Å². The molecule has 406 valence electrons. The zero-order valence-electron chi connectivity index (χ0n) is 43.8. The van der Waals surface area contributed by atoms with Crippen LogP contribution in [0.3, 0.4) is 0 Å². The van der Waals surface area contributed by atoms with Crippen molar-refractivity contribution in [1.82, 2.24) is 19.8 Å². The molecule has 0 saturated carbocycles. The Bertz CT molecular complexity index is 2390. The van der Waals surface area contributed by atoms with Gasteiger partial charge in [0.15, 0.2) is 43.4 Å². The van der Waals surface area contributed by atoms with Gasteiger partial charge < -0.3 is 28.7 Å². The molecule has 4 aromatic rings. The van der Waals surface area contributed by atoms with Gasteiger partial charge in [0.05, 0.1) is 34.1 Å². The van der Waals surface area contributed by atoms with Crippen molar-refractivity contribution in [1.29, 1.82) is 0 Å². The van der Waals surface area contributed by atoms with Crippen LogP contribution in [0.4, 0.5) is 11.4 Å². The Balaban J connectivity index is 1.18. The van der Waals surface area contributed by atoms with Crippen molar-refractivity contribution in [2.45, 2.75) is 167 Å². The first kappa shape index (κ1) is 57.7. The fourth-order valence-electron chi connectivity index (χ4n) is 9.41. The standard InChI is InChI=1S/C54H81ClN6O10S2/c1-5-8-10-12-14-16-18-20-22-47(70-44-28-24-42(25-29-44)59-32-36-72(64,65)37-33-59)51(62)68-40-54(4,53-57-56-50-49(55)46(7-3)58-61(50)53)41-69-52(63)48(23-21-19-17-15-13-11-9-6-2)71-45-30-26-43(27-31-45)60-34-38-73(66,67)39-35-60/h24-31,47-48,58H,5-23,32-41H2,1-4H3. The lowest BCUT2D eigenvalue weighted by Gasteiger charge is -2.29. The van der Waals surface area contributed by atoms with E-state index < -0.39 is 49.2 Å². The van der Waals surface area contributed by atoms with Crippen molar-refractivity contribution in [2.75, 3.05) is 72.2 Å². The van der Waals surface area contributed by atoms with Crippen LogP contribution in [0.25, 0.3) is 5.65 Å². The van der Waals surface area contributed by atoms with Gasteiger partial charge in [-0.05, 0) is 87.6 Å². The number of halogens is 1. The number of unbranched alkanes of at least 4 members (excludes halogenated alkanes) is 14. The monoisotopic (exact) mass is 1070 g/mol. The topological polar surface area (TPSA) is 192 Å². The highest BCUT2D eigenvalue weighted by Crippen LogP contribution is 2.31. The van der Waals surface area contributed by atoms with E-state index >= 15 is 0 Å². The maximum Gasteiger partial charge on any atom is 0.347 e. The Labute approximate surface area is 439 Å². The number of carbonyl (C=O) groups excluding carboxylic acids is 2. The maximum atomic E-state index is 14.4. The number of nitrogens with one attached hydrogen (secondary N) is 1. The van der Waals surface area contributed by atoms with Crippen LogP contribution in [0, 0.1) is 0 Å². The van der Waals surface area contributed by atoms with E-state index in [0.29, 0.717) is 73.4 Å². The van der Waals surface area contributed by atoms with Crippen LogP contribution >= 0.6 is 11.6 Å². The molecule has 2 unspecified atom stereocenters. The normalized spacial score (nSPS) is 17.2. The van der Waals surface area contributed by atoms with E-state index in [0.717, 1.165) is 68.4 Å². The third-order valence-corrected chi connectivity index (χ3v) is 17.8. The minimum Gasteiger partial charge on any atom is -0.479 e. The number of aromatic nitrogens is 4. The number of fused-ring (bicyclic) bond motifs is 1. The van der Waals surface area contributed by atoms with E-state index in [9.17, 15) is 26.4 Å². The number of H-pyrrole nitrogens is 1. The van der Waals surface area contributed by atoms with Gasteiger partial charge in [0.25, 0.3) is 0 Å². The lowest BCUT2D eigenvalue weighted by Crippen LogP contribution is -2.42. The van der Waals surface area contributed by atoms with Crippen molar-refractivity contribution in [3.8, 4) is 11.5 Å². The van der Waals surface area contributed by atoms with Gasteiger partial charge in [0.1, 0.15) is 29.7 Å². The second-order valence-corrected chi connectivity index (χ2v) is 25.2. The zero-order chi connectivity index (χ0) is 52.3. The summed E-state index contributed by atoms with van der Waals surface area (Å²) < 4.78 is 75.2. The summed E-state index contributed by atoms with van der Waals surface area (Å²) in [5.41, 5.74) is 1.66. The number of aryl methyl sites for hydroxylation is 1. The first-order valence-corrected chi connectivity index (χ1v) is 31.1. The van der Waals surface area contributed by atoms with E-state index in [1.54, 1.807) is 28.8 Å². The van der Waals surface area contributed by atoms with E-state index in [1.165, 1.54) is 51.4 Å². The Morgan fingerprint density at radius 2 is 0.986 bits per heavy atom. The maximum absolute atomic E-state index is 14.4. The van der Waals surface area contributed by atoms with Gasteiger partial charge in [-0.3, -0.25) is 5.10 Å². The second kappa shape index (κ2) is 28.4. The third kappa shape index (κ3) is 17.5. The summed E-state index contributed by atoms with van der Waals surface area (Å²) in [6.07, 6.45) is 16.9. The molecule has 16 nitrogen and oxygen atoms in total. The van der Waals surface area contributed by atoms with E-state index in [4.69, 9.17) is 30.5 Å². The van der Waals surface area contributed by atoms with Crippen LogP contribution in [0.2, 0.25) is 5.02 Å². The van der Waals surface area contributed by atoms with Gasteiger partial charge in [-0.1, -0.05) is 122 Å². The quantitative estimate of drug-likeness (QED) is 0.0359. The molecule has 0 spiro atoms. The summed E-state index contributed by atoms with van der Waals surface area (Å²) >= 11 is 6.74.